The van der Waals surface area contributed by atoms with Gasteiger partial charge in [0.05, 0.1) is 12.7 Å². The minimum Gasteiger partial charge on any atom is -0.507 e. The molecule has 0 fully saturated rings. The normalized spacial score (nSPS) is 11.7. The number of aliphatic hydroxyl groups is 1. The number of hydrogen-bond acceptors (Lipinski definition) is 5. The molecule has 1 amide bonds. The highest BCUT2D eigenvalue weighted by Crippen LogP contribution is 2.22. The van der Waals surface area contributed by atoms with Crippen LogP contribution in [0.5, 0.6) is 11.5 Å². The van der Waals surface area contributed by atoms with Crippen molar-refractivity contribution in [1.82, 2.24) is 5.32 Å². The quantitative estimate of drug-likeness (QED) is 0.576. The van der Waals surface area contributed by atoms with E-state index in [-0.39, 0.29) is 24.3 Å². The number of phenols is 1. The Morgan fingerprint density at radius 2 is 2.11 bits per heavy atom. The lowest BCUT2D eigenvalue weighted by Crippen LogP contribution is -2.41. The summed E-state index contributed by atoms with van der Waals surface area (Å²) in [5.74, 6) is -1.94. The Balaban J connectivity index is 2.90. The monoisotopic (exact) mass is 269 g/mol. The fourth-order valence-corrected chi connectivity index (χ4v) is 1.45. The SMILES string of the molecule is COc1ccc(O)c(C(=O)NC(CCO)C(=O)O)c1. The molecule has 1 aromatic rings. The molecular weight excluding hydrogens is 254 g/mol. The van der Waals surface area contributed by atoms with Crippen molar-refractivity contribution in [2.24, 2.45) is 0 Å². The molecule has 0 aromatic heterocycles. The molecule has 7 nitrogen and oxygen atoms in total. The lowest BCUT2D eigenvalue weighted by atomic mass is 10.1. The van der Waals surface area contributed by atoms with Gasteiger partial charge in [0.25, 0.3) is 5.91 Å². The van der Waals surface area contributed by atoms with Gasteiger partial charge in [-0.15, -0.1) is 0 Å². The Hall–Kier alpha value is -2.28. The van der Waals surface area contributed by atoms with Crippen LogP contribution in [0.15, 0.2) is 18.2 Å². The predicted octanol–water partition coefficient (Wildman–Crippen LogP) is -0.0338. The molecule has 104 valence electrons. The molecule has 0 radical (unpaired) electrons. The number of aromatic hydroxyl groups is 1. The maximum atomic E-state index is 11.9. The molecule has 0 spiro atoms. The van der Waals surface area contributed by atoms with Crippen LogP contribution < -0.4 is 10.1 Å². The zero-order chi connectivity index (χ0) is 14.4. The summed E-state index contributed by atoms with van der Waals surface area (Å²) in [6.07, 6.45) is -0.119. The van der Waals surface area contributed by atoms with E-state index < -0.39 is 17.9 Å². The lowest BCUT2D eigenvalue weighted by molar-refractivity contribution is -0.139. The number of ether oxygens (including phenoxy) is 1. The molecule has 19 heavy (non-hydrogen) atoms. The number of carbonyl (C=O) groups is 2. The standard InChI is InChI=1S/C12H15NO6/c1-19-7-2-3-10(15)8(6-7)11(16)13-9(4-5-14)12(17)18/h2-3,6,9,14-15H,4-5H2,1H3,(H,13,16)(H,17,18). The molecule has 1 atom stereocenters. The van der Waals surface area contributed by atoms with Crippen LogP contribution in [0.25, 0.3) is 0 Å². The van der Waals surface area contributed by atoms with Crippen LogP contribution in [-0.4, -0.2) is 47.0 Å². The summed E-state index contributed by atoms with van der Waals surface area (Å²) in [6.45, 7) is -0.374. The van der Waals surface area contributed by atoms with E-state index in [1.807, 2.05) is 0 Å². The zero-order valence-electron chi connectivity index (χ0n) is 10.3. The predicted molar refractivity (Wildman–Crippen MR) is 65.3 cm³/mol. The fourth-order valence-electron chi connectivity index (χ4n) is 1.45. The molecule has 1 rings (SSSR count). The molecule has 0 heterocycles. The van der Waals surface area contributed by atoms with Gasteiger partial charge in [0.2, 0.25) is 0 Å². The average Bonchev–Trinajstić information content (AvgIpc) is 2.38. The smallest absolute Gasteiger partial charge is 0.326 e. The van der Waals surface area contributed by atoms with Crippen LogP contribution >= 0.6 is 0 Å². The third-order valence-electron chi connectivity index (χ3n) is 2.47. The number of aliphatic carboxylic acids is 1. The van der Waals surface area contributed by atoms with E-state index in [4.69, 9.17) is 14.9 Å². The molecule has 0 aliphatic heterocycles. The van der Waals surface area contributed by atoms with Gasteiger partial charge in [-0.25, -0.2) is 4.79 Å². The molecule has 0 saturated heterocycles. The first-order valence-electron chi connectivity index (χ1n) is 5.51. The Kier molecular flexibility index (Phi) is 5.13. The van der Waals surface area contributed by atoms with Crippen LogP contribution in [0.2, 0.25) is 0 Å². The largest absolute Gasteiger partial charge is 0.507 e. The number of rotatable bonds is 6. The molecule has 1 unspecified atom stereocenters. The summed E-state index contributed by atoms with van der Waals surface area (Å²) in [4.78, 5) is 22.7. The third kappa shape index (κ3) is 3.85. The number of phenolic OH excluding ortho intramolecular Hbond substituents is 1. The van der Waals surface area contributed by atoms with E-state index in [9.17, 15) is 14.7 Å². The minimum absolute atomic E-state index is 0.0939. The molecule has 1 aromatic carbocycles. The summed E-state index contributed by atoms with van der Waals surface area (Å²) in [5, 5.41) is 29.4. The number of carboxylic acid groups (broad SMARTS) is 1. The van der Waals surface area contributed by atoms with Gasteiger partial charge in [-0.2, -0.15) is 0 Å². The second kappa shape index (κ2) is 6.60. The Bertz CT molecular complexity index is 473. The second-order valence-corrected chi connectivity index (χ2v) is 3.76. The fraction of sp³-hybridized carbons (Fsp3) is 0.333. The Labute approximate surface area is 109 Å². The van der Waals surface area contributed by atoms with E-state index in [1.165, 1.54) is 25.3 Å². The van der Waals surface area contributed by atoms with Crippen LogP contribution in [0.4, 0.5) is 0 Å². The van der Waals surface area contributed by atoms with Crippen molar-refractivity contribution in [3.05, 3.63) is 23.8 Å². The van der Waals surface area contributed by atoms with E-state index in [2.05, 4.69) is 5.32 Å². The summed E-state index contributed by atoms with van der Waals surface area (Å²) in [5.41, 5.74) is -0.0939. The van der Waals surface area contributed by atoms with Crippen molar-refractivity contribution in [3.63, 3.8) is 0 Å². The van der Waals surface area contributed by atoms with E-state index in [0.717, 1.165) is 0 Å². The van der Waals surface area contributed by atoms with Crippen LogP contribution in [0.3, 0.4) is 0 Å². The molecule has 0 saturated carbocycles. The van der Waals surface area contributed by atoms with Gasteiger partial charge < -0.3 is 25.4 Å². The van der Waals surface area contributed by atoms with Crippen molar-refractivity contribution in [2.45, 2.75) is 12.5 Å². The average molecular weight is 269 g/mol. The van der Waals surface area contributed by atoms with Crippen LogP contribution in [0, 0.1) is 0 Å². The Morgan fingerprint density at radius 1 is 1.42 bits per heavy atom. The zero-order valence-corrected chi connectivity index (χ0v) is 10.3. The Morgan fingerprint density at radius 3 is 2.63 bits per heavy atom. The van der Waals surface area contributed by atoms with Gasteiger partial charge in [-0.3, -0.25) is 4.79 Å². The van der Waals surface area contributed by atoms with Crippen molar-refractivity contribution >= 4 is 11.9 Å². The second-order valence-electron chi connectivity index (χ2n) is 3.76. The van der Waals surface area contributed by atoms with Crippen molar-refractivity contribution in [1.29, 1.82) is 0 Å². The number of aliphatic hydroxyl groups excluding tert-OH is 1. The summed E-state index contributed by atoms with van der Waals surface area (Å²) >= 11 is 0. The van der Waals surface area contributed by atoms with Crippen LogP contribution in [0.1, 0.15) is 16.8 Å². The first-order valence-corrected chi connectivity index (χ1v) is 5.51. The van der Waals surface area contributed by atoms with Gasteiger partial charge in [0.1, 0.15) is 17.5 Å². The first kappa shape index (κ1) is 14.8. The number of benzene rings is 1. The molecule has 4 N–H and O–H groups in total. The summed E-state index contributed by atoms with van der Waals surface area (Å²) in [7, 11) is 1.40. The van der Waals surface area contributed by atoms with Gasteiger partial charge in [-0.05, 0) is 18.2 Å². The van der Waals surface area contributed by atoms with Gasteiger partial charge >= 0.3 is 5.97 Å². The minimum atomic E-state index is -1.26. The number of hydrogen-bond donors (Lipinski definition) is 4. The third-order valence-corrected chi connectivity index (χ3v) is 2.47. The maximum absolute atomic E-state index is 11.9. The van der Waals surface area contributed by atoms with Crippen molar-refractivity contribution in [3.8, 4) is 11.5 Å². The molecular formula is C12H15NO6. The highest BCUT2D eigenvalue weighted by atomic mass is 16.5. The number of amides is 1. The topological polar surface area (TPSA) is 116 Å². The van der Waals surface area contributed by atoms with Crippen LogP contribution in [-0.2, 0) is 4.79 Å². The number of methoxy groups -OCH3 is 1. The molecule has 0 bridgehead atoms. The molecule has 7 heteroatoms. The number of carboxylic acids is 1. The number of carbonyl (C=O) groups excluding carboxylic acids is 1. The van der Waals surface area contributed by atoms with Crippen molar-refractivity contribution in [2.75, 3.05) is 13.7 Å². The van der Waals surface area contributed by atoms with Gasteiger partial charge in [-0.1, -0.05) is 0 Å². The first-order chi connectivity index (χ1) is 8.99. The highest BCUT2D eigenvalue weighted by Gasteiger charge is 2.21. The van der Waals surface area contributed by atoms with E-state index >= 15 is 0 Å². The number of nitrogens with one attached hydrogen (secondary N) is 1. The van der Waals surface area contributed by atoms with Crippen molar-refractivity contribution < 1.29 is 29.6 Å². The summed E-state index contributed by atoms with van der Waals surface area (Å²) in [6, 6.07) is 2.81. The maximum Gasteiger partial charge on any atom is 0.326 e. The highest BCUT2D eigenvalue weighted by molar-refractivity contribution is 5.99. The summed E-state index contributed by atoms with van der Waals surface area (Å²) < 4.78 is 4.91. The van der Waals surface area contributed by atoms with Gasteiger partial charge in [0, 0.05) is 13.0 Å². The van der Waals surface area contributed by atoms with E-state index in [1.54, 1.807) is 0 Å². The molecule has 0 aliphatic carbocycles. The van der Waals surface area contributed by atoms with Gasteiger partial charge in [0.15, 0.2) is 0 Å². The van der Waals surface area contributed by atoms with E-state index in [0.29, 0.717) is 5.75 Å². The molecule has 0 aliphatic rings. The lowest BCUT2D eigenvalue weighted by Gasteiger charge is -2.14.